The van der Waals surface area contributed by atoms with Gasteiger partial charge in [-0.25, -0.2) is 9.79 Å². The molecule has 0 bridgehead atoms. The van der Waals surface area contributed by atoms with Crippen molar-refractivity contribution in [3.05, 3.63) is 17.7 Å². The van der Waals surface area contributed by atoms with Crippen molar-refractivity contribution in [3.8, 4) is 17.2 Å². The van der Waals surface area contributed by atoms with Gasteiger partial charge in [-0.15, -0.1) is 0 Å². The van der Waals surface area contributed by atoms with Crippen LogP contribution in [0.1, 0.15) is 18.5 Å². The van der Waals surface area contributed by atoms with E-state index in [4.69, 9.17) is 18.9 Å². The van der Waals surface area contributed by atoms with E-state index in [-0.39, 0.29) is 30.5 Å². The second kappa shape index (κ2) is 8.52. The van der Waals surface area contributed by atoms with Crippen LogP contribution in [0.15, 0.2) is 17.1 Å². The first-order chi connectivity index (χ1) is 12.4. The predicted molar refractivity (Wildman–Crippen MR) is 91.9 cm³/mol. The van der Waals surface area contributed by atoms with E-state index in [2.05, 4.69) is 10.3 Å². The molecule has 1 heterocycles. The van der Waals surface area contributed by atoms with Crippen molar-refractivity contribution in [3.63, 3.8) is 0 Å². The first kappa shape index (κ1) is 19.5. The van der Waals surface area contributed by atoms with Gasteiger partial charge >= 0.3 is 12.0 Å². The van der Waals surface area contributed by atoms with Gasteiger partial charge in [-0.05, 0) is 24.6 Å². The number of rotatable bonds is 7. The lowest BCUT2D eigenvalue weighted by Crippen LogP contribution is -2.44. The van der Waals surface area contributed by atoms with Crippen molar-refractivity contribution < 1.29 is 33.6 Å². The van der Waals surface area contributed by atoms with Crippen molar-refractivity contribution in [1.29, 1.82) is 0 Å². The van der Waals surface area contributed by atoms with Gasteiger partial charge in [0.1, 0.15) is 12.5 Å². The number of nitrogens with zero attached hydrogens (tertiary/aromatic N) is 1. The van der Waals surface area contributed by atoms with E-state index in [1.807, 2.05) is 0 Å². The summed E-state index contributed by atoms with van der Waals surface area (Å²) in [5, 5.41) is 12.7. The van der Waals surface area contributed by atoms with Gasteiger partial charge in [-0.3, -0.25) is 4.79 Å². The van der Waals surface area contributed by atoms with Crippen molar-refractivity contribution in [1.82, 2.24) is 5.32 Å². The third-order valence-corrected chi connectivity index (χ3v) is 3.99. The van der Waals surface area contributed by atoms with Crippen LogP contribution in [0.2, 0.25) is 0 Å². The number of methoxy groups -OCH3 is 3. The molecule has 0 aliphatic carbocycles. The smallest absolute Gasteiger partial charge is 0.341 e. The van der Waals surface area contributed by atoms with Gasteiger partial charge in [0.25, 0.3) is 0 Å². The van der Waals surface area contributed by atoms with Crippen LogP contribution in [-0.2, 0) is 14.3 Å². The van der Waals surface area contributed by atoms with E-state index in [0.717, 1.165) is 0 Å². The molecule has 0 saturated carbocycles. The van der Waals surface area contributed by atoms with Gasteiger partial charge in [-0.2, -0.15) is 0 Å². The van der Waals surface area contributed by atoms with Gasteiger partial charge < -0.3 is 29.4 Å². The molecule has 1 aliphatic rings. The molecular weight excluding hydrogens is 344 g/mol. The Labute approximate surface area is 150 Å². The van der Waals surface area contributed by atoms with E-state index in [0.29, 0.717) is 11.3 Å². The zero-order chi connectivity index (χ0) is 19.3. The molecule has 9 nitrogen and oxygen atoms in total. The highest BCUT2D eigenvalue weighted by Gasteiger charge is 2.38. The zero-order valence-electron chi connectivity index (χ0n) is 15.1. The molecule has 0 aromatic heterocycles. The standard InChI is InChI=1S/C17H22N2O7/c1-9-13(16(21)26-6-5-23-2)14(19-17(22)18-9)10-7-11(24-3)15(20)12(8-10)25-4/h7-8,13-14,20H,5-6H2,1-4H3,(H,19,22). The summed E-state index contributed by atoms with van der Waals surface area (Å²) in [4.78, 5) is 28.2. The topological polar surface area (TPSA) is 116 Å². The number of aliphatic imine (C=N–C) groups is 1. The molecule has 2 rings (SSSR count). The van der Waals surface area contributed by atoms with Gasteiger partial charge in [0.2, 0.25) is 5.75 Å². The number of phenolic OH excluding ortho intramolecular Hbond substituents is 1. The number of carbonyl (C=O) groups is 2. The first-order valence-corrected chi connectivity index (χ1v) is 7.89. The highest BCUT2D eigenvalue weighted by Crippen LogP contribution is 2.40. The minimum Gasteiger partial charge on any atom is -0.502 e. The number of amides is 2. The number of ether oxygens (including phenoxy) is 4. The van der Waals surface area contributed by atoms with Crippen LogP contribution < -0.4 is 14.8 Å². The lowest BCUT2D eigenvalue weighted by molar-refractivity contribution is -0.148. The normalized spacial score (nSPS) is 19.4. The summed E-state index contributed by atoms with van der Waals surface area (Å²) < 4.78 is 20.4. The number of phenols is 1. The minimum atomic E-state index is -0.830. The largest absolute Gasteiger partial charge is 0.502 e. The molecule has 0 saturated heterocycles. The quantitative estimate of drug-likeness (QED) is 0.554. The number of esters is 1. The van der Waals surface area contributed by atoms with E-state index >= 15 is 0 Å². The Morgan fingerprint density at radius 2 is 1.81 bits per heavy atom. The number of hydrogen-bond donors (Lipinski definition) is 2. The fourth-order valence-corrected chi connectivity index (χ4v) is 2.71. The van der Waals surface area contributed by atoms with Crippen LogP contribution in [-0.4, -0.2) is 57.4 Å². The van der Waals surface area contributed by atoms with Crippen LogP contribution in [0.25, 0.3) is 0 Å². The number of nitrogens with one attached hydrogen (secondary N) is 1. The minimum absolute atomic E-state index is 0.0853. The number of urea groups is 1. The molecule has 1 aliphatic heterocycles. The monoisotopic (exact) mass is 366 g/mol. The molecule has 9 heteroatoms. The average molecular weight is 366 g/mol. The highest BCUT2D eigenvalue weighted by atomic mass is 16.6. The van der Waals surface area contributed by atoms with Crippen molar-refractivity contribution in [2.24, 2.45) is 10.9 Å². The number of aromatic hydroxyl groups is 1. The van der Waals surface area contributed by atoms with Crippen molar-refractivity contribution in [2.45, 2.75) is 13.0 Å². The molecule has 2 unspecified atom stereocenters. The summed E-state index contributed by atoms with van der Waals surface area (Å²) >= 11 is 0. The van der Waals surface area contributed by atoms with Crippen LogP contribution in [0.4, 0.5) is 4.79 Å². The van der Waals surface area contributed by atoms with E-state index in [1.165, 1.54) is 33.5 Å². The maximum absolute atomic E-state index is 12.5. The maximum atomic E-state index is 12.5. The van der Waals surface area contributed by atoms with E-state index in [1.54, 1.807) is 6.92 Å². The fourth-order valence-electron chi connectivity index (χ4n) is 2.71. The summed E-state index contributed by atoms with van der Waals surface area (Å²) in [6.07, 6.45) is 0. The van der Waals surface area contributed by atoms with E-state index < -0.39 is 24.0 Å². The SMILES string of the molecule is COCCOC(=O)C1C(C)=NC(=O)NC1c1cc(OC)c(O)c(OC)c1. The summed E-state index contributed by atoms with van der Waals surface area (Å²) in [5.74, 6) is -1.24. The molecule has 2 atom stereocenters. The Kier molecular flexibility index (Phi) is 6.40. The molecule has 0 fully saturated rings. The molecule has 1 aromatic rings. The molecular formula is C17H22N2O7. The number of benzene rings is 1. The molecule has 2 amide bonds. The van der Waals surface area contributed by atoms with Gasteiger partial charge in [0.15, 0.2) is 11.5 Å². The van der Waals surface area contributed by atoms with Gasteiger partial charge in [0, 0.05) is 12.8 Å². The van der Waals surface area contributed by atoms with Crippen LogP contribution >= 0.6 is 0 Å². The summed E-state index contributed by atoms with van der Waals surface area (Å²) in [5.41, 5.74) is 0.833. The van der Waals surface area contributed by atoms with Crippen LogP contribution in [0.3, 0.4) is 0 Å². The summed E-state index contributed by atoms with van der Waals surface area (Å²) in [6.45, 7) is 1.93. The Hall–Kier alpha value is -2.81. The third-order valence-electron chi connectivity index (χ3n) is 3.99. The second-order valence-electron chi connectivity index (χ2n) is 5.59. The van der Waals surface area contributed by atoms with Gasteiger partial charge in [0.05, 0.1) is 26.9 Å². The predicted octanol–water partition coefficient (Wildman–Crippen LogP) is 1.44. The lowest BCUT2D eigenvalue weighted by atomic mass is 9.88. The number of carbonyl (C=O) groups excluding carboxylic acids is 2. The number of hydrogen-bond acceptors (Lipinski definition) is 7. The summed E-state index contributed by atoms with van der Waals surface area (Å²) in [7, 11) is 4.28. The lowest BCUT2D eigenvalue weighted by Gasteiger charge is -2.30. The van der Waals surface area contributed by atoms with Crippen molar-refractivity contribution in [2.75, 3.05) is 34.5 Å². The summed E-state index contributed by atoms with van der Waals surface area (Å²) in [6, 6.07) is 1.73. The molecule has 0 radical (unpaired) electrons. The van der Waals surface area contributed by atoms with Crippen molar-refractivity contribution >= 4 is 17.7 Å². The first-order valence-electron chi connectivity index (χ1n) is 7.89. The third kappa shape index (κ3) is 4.05. The molecule has 2 N–H and O–H groups in total. The molecule has 0 spiro atoms. The fraction of sp³-hybridized carbons (Fsp3) is 0.471. The Morgan fingerprint density at radius 3 is 2.35 bits per heavy atom. The average Bonchev–Trinajstić information content (AvgIpc) is 2.61. The van der Waals surface area contributed by atoms with Crippen LogP contribution in [0, 0.1) is 5.92 Å². The Morgan fingerprint density at radius 1 is 1.19 bits per heavy atom. The molecule has 26 heavy (non-hydrogen) atoms. The second-order valence-corrected chi connectivity index (χ2v) is 5.59. The Bertz CT molecular complexity index is 692. The Balaban J connectivity index is 2.42. The molecule has 142 valence electrons. The van der Waals surface area contributed by atoms with Gasteiger partial charge in [-0.1, -0.05) is 0 Å². The van der Waals surface area contributed by atoms with E-state index in [9.17, 15) is 14.7 Å². The zero-order valence-corrected chi connectivity index (χ0v) is 15.1. The van der Waals surface area contributed by atoms with Crippen LogP contribution in [0.5, 0.6) is 17.2 Å². The molecule has 1 aromatic carbocycles. The maximum Gasteiger partial charge on any atom is 0.341 e. The highest BCUT2D eigenvalue weighted by molar-refractivity contribution is 6.08.